The van der Waals surface area contributed by atoms with Crippen LogP contribution in [-0.4, -0.2) is 75.4 Å². The van der Waals surface area contributed by atoms with Gasteiger partial charge in [-0.25, -0.2) is 4.98 Å². The van der Waals surface area contributed by atoms with Crippen LogP contribution in [0.4, 0.5) is 5.13 Å². The molecular formula is C27H36N4O3S. The van der Waals surface area contributed by atoms with Gasteiger partial charge in [0.1, 0.15) is 11.5 Å². The van der Waals surface area contributed by atoms with Crippen molar-refractivity contribution in [3.05, 3.63) is 70.7 Å². The van der Waals surface area contributed by atoms with Crippen LogP contribution in [-0.2, 0) is 24.4 Å². The van der Waals surface area contributed by atoms with Gasteiger partial charge in [-0.15, -0.1) is 11.3 Å². The van der Waals surface area contributed by atoms with Gasteiger partial charge < -0.3 is 24.0 Å². The average Bonchev–Trinajstić information content (AvgIpc) is 3.36. The molecule has 0 bridgehead atoms. The molecule has 0 unspecified atom stereocenters. The van der Waals surface area contributed by atoms with E-state index in [0.717, 1.165) is 74.7 Å². The van der Waals surface area contributed by atoms with Crippen LogP contribution >= 0.6 is 11.3 Å². The summed E-state index contributed by atoms with van der Waals surface area (Å²) in [6.45, 7) is 8.19. The molecule has 1 aromatic heterocycles. The Morgan fingerprint density at radius 3 is 2.14 bits per heavy atom. The standard InChI is InChI=1S/C27H36N4O3S/c1-29-10-12-30(13-11-29)14-15-34-20-24-21-35-27(28-24)31(18-22-6-4-8-25(16-22)32-2)19-23-7-5-9-26(17-23)33-3/h4-9,16-17,21H,10-15,18-20H2,1-3H3. The Bertz CT molecular complexity index is 1000. The van der Waals surface area contributed by atoms with Gasteiger partial charge in [-0.2, -0.15) is 0 Å². The lowest BCUT2D eigenvalue weighted by molar-refractivity contribution is 0.0727. The molecule has 1 aliphatic heterocycles. The zero-order valence-corrected chi connectivity index (χ0v) is 21.8. The summed E-state index contributed by atoms with van der Waals surface area (Å²) in [7, 11) is 5.58. The minimum absolute atomic E-state index is 0.538. The maximum Gasteiger partial charge on any atom is 0.186 e. The Kier molecular flexibility index (Phi) is 9.36. The lowest BCUT2D eigenvalue weighted by Crippen LogP contribution is -2.45. The zero-order valence-electron chi connectivity index (χ0n) is 21.0. The number of thiazole rings is 1. The molecule has 188 valence electrons. The van der Waals surface area contributed by atoms with Crippen molar-refractivity contribution in [1.82, 2.24) is 14.8 Å². The predicted octanol–water partition coefficient (Wildman–Crippen LogP) is 4.13. The lowest BCUT2D eigenvalue weighted by atomic mass is 10.1. The third-order valence-corrected chi connectivity index (χ3v) is 7.17. The van der Waals surface area contributed by atoms with Gasteiger partial charge in [0.2, 0.25) is 0 Å². The van der Waals surface area contributed by atoms with Crippen molar-refractivity contribution in [2.24, 2.45) is 0 Å². The first-order valence-electron chi connectivity index (χ1n) is 12.1. The van der Waals surface area contributed by atoms with Crippen LogP contribution in [0, 0.1) is 0 Å². The number of piperazine rings is 1. The number of aromatic nitrogens is 1. The molecule has 0 saturated carbocycles. The first-order chi connectivity index (χ1) is 17.1. The van der Waals surface area contributed by atoms with E-state index in [1.54, 1.807) is 25.6 Å². The van der Waals surface area contributed by atoms with Crippen molar-refractivity contribution in [3.8, 4) is 11.5 Å². The van der Waals surface area contributed by atoms with Crippen LogP contribution in [0.25, 0.3) is 0 Å². The highest BCUT2D eigenvalue weighted by Gasteiger charge is 2.15. The third kappa shape index (κ3) is 7.67. The summed E-state index contributed by atoms with van der Waals surface area (Å²) in [6.07, 6.45) is 0. The molecule has 0 atom stereocenters. The second-order valence-electron chi connectivity index (χ2n) is 8.88. The minimum atomic E-state index is 0.538. The van der Waals surface area contributed by atoms with Crippen LogP contribution in [0.15, 0.2) is 53.9 Å². The van der Waals surface area contributed by atoms with E-state index in [1.807, 2.05) is 24.3 Å². The molecule has 8 heteroatoms. The molecule has 2 aromatic carbocycles. The number of anilines is 1. The summed E-state index contributed by atoms with van der Waals surface area (Å²) in [5.74, 6) is 1.72. The summed E-state index contributed by atoms with van der Waals surface area (Å²) >= 11 is 1.66. The van der Waals surface area contributed by atoms with Gasteiger partial charge in [0.15, 0.2) is 5.13 Å². The molecule has 0 N–H and O–H groups in total. The van der Waals surface area contributed by atoms with E-state index < -0.39 is 0 Å². The van der Waals surface area contributed by atoms with Gasteiger partial charge in [-0.3, -0.25) is 4.90 Å². The molecule has 1 fully saturated rings. The molecule has 3 aromatic rings. The fourth-order valence-corrected chi connectivity index (χ4v) is 4.93. The number of nitrogens with zero attached hydrogens (tertiary/aromatic N) is 4. The first kappa shape index (κ1) is 25.4. The maximum atomic E-state index is 5.98. The minimum Gasteiger partial charge on any atom is -0.497 e. The van der Waals surface area contributed by atoms with Gasteiger partial charge >= 0.3 is 0 Å². The fourth-order valence-electron chi connectivity index (χ4n) is 4.12. The van der Waals surface area contributed by atoms with Crippen molar-refractivity contribution in [1.29, 1.82) is 0 Å². The fraction of sp³-hybridized carbons (Fsp3) is 0.444. The van der Waals surface area contributed by atoms with Crippen molar-refractivity contribution < 1.29 is 14.2 Å². The largest absolute Gasteiger partial charge is 0.497 e. The molecule has 0 spiro atoms. The summed E-state index contributed by atoms with van der Waals surface area (Å²) in [5.41, 5.74) is 3.32. The Balaban J connectivity index is 1.39. The molecule has 35 heavy (non-hydrogen) atoms. The number of benzene rings is 2. The molecule has 2 heterocycles. The summed E-state index contributed by atoms with van der Waals surface area (Å²) in [6, 6.07) is 16.4. The maximum absolute atomic E-state index is 5.98. The second kappa shape index (κ2) is 12.9. The Hall–Kier alpha value is -2.65. The predicted molar refractivity (Wildman–Crippen MR) is 142 cm³/mol. The number of likely N-dealkylation sites (N-methyl/N-ethyl adjacent to an activating group) is 1. The molecule has 0 amide bonds. The monoisotopic (exact) mass is 496 g/mol. The Labute approximate surface area is 212 Å². The van der Waals surface area contributed by atoms with Crippen molar-refractivity contribution in [3.63, 3.8) is 0 Å². The van der Waals surface area contributed by atoms with E-state index in [0.29, 0.717) is 6.61 Å². The van der Waals surface area contributed by atoms with Gasteiger partial charge in [-0.05, 0) is 42.4 Å². The molecular weight excluding hydrogens is 460 g/mol. The average molecular weight is 497 g/mol. The van der Waals surface area contributed by atoms with E-state index in [1.165, 1.54) is 11.1 Å². The first-order valence-corrected chi connectivity index (χ1v) is 12.9. The summed E-state index contributed by atoms with van der Waals surface area (Å²) in [4.78, 5) is 12.1. The van der Waals surface area contributed by atoms with Gasteiger partial charge in [0.05, 0.1) is 33.1 Å². The lowest BCUT2D eigenvalue weighted by Gasteiger charge is -2.32. The van der Waals surface area contributed by atoms with E-state index in [2.05, 4.69) is 51.4 Å². The molecule has 1 saturated heterocycles. The molecule has 0 radical (unpaired) electrons. The quantitative estimate of drug-likeness (QED) is 0.350. The van der Waals surface area contributed by atoms with Gasteiger partial charge in [0.25, 0.3) is 0 Å². The normalized spacial score (nSPS) is 14.7. The number of hydrogen-bond donors (Lipinski definition) is 0. The van der Waals surface area contributed by atoms with E-state index >= 15 is 0 Å². The topological polar surface area (TPSA) is 50.3 Å². The molecule has 1 aliphatic rings. The van der Waals surface area contributed by atoms with Crippen LogP contribution in [0.2, 0.25) is 0 Å². The van der Waals surface area contributed by atoms with Crippen molar-refractivity contribution >= 4 is 16.5 Å². The zero-order chi connectivity index (χ0) is 24.5. The smallest absolute Gasteiger partial charge is 0.186 e. The van der Waals surface area contributed by atoms with Crippen LogP contribution < -0.4 is 14.4 Å². The highest BCUT2D eigenvalue weighted by atomic mass is 32.1. The van der Waals surface area contributed by atoms with E-state index in [-0.39, 0.29) is 0 Å². The highest BCUT2D eigenvalue weighted by molar-refractivity contribution is 7.13. The Morgan fingerprint density at radius 2 is 1.54 bits per heavy atom. The molecule has 4 rings (SSSR count). The van der Waals surface area contributed by atoms with Crippen molar-refractivity contribution in [2.45, 2.75) is 19.7 Å². The number of methoxy groups -OCH3 is 2. The van der Waals surface area contributed by atoms with E-state index in [9.17, 15) is 0 Å². The van der Waals surface area contributed by atoms with Gasteiger partial charge in [-0.1, -0.05) is 24.3 Å². The summed E-state index contributed by atoms with van der Waals surface area (Å²) in [5, 5.41) is 3.09. The number of hydrogen-bond acceptors (Lipinski definition) is 8. The van der Waals surface area contributed by atoms with Crippen LogP contribution in [0.1, 0.15) is 16.8 Å². The summed E-state index contributed by atoms with van der Waals surface area (Å²) < 4.78 is 16.8. The second-order valence-corrected chi connectivity index (χ2v) is 9.71. The SMILES string of the molecule is COc1cccc(CN(Cc2cccc(OC)c2)c2nc(COCCN3CCN(C)CC3)cs2)c1. The van der Waals surface area contributed by atoms with Crippen LogP contribution in [0.3, 0.4) is 0 Å². The number of ether oxygens (including phenoxy) is 3. The number of rotatable bonds is 12. The molecule has 7 nitrogen and oxygen atoms in total. The van der Waals surface area contributed by atoms with E-state index in [4.69, 9.17) is 19.2 Å². The van der Waals surface area contributed by atoms with Crippen molar-refractivity contribution in [2.75, 3.05) is 65.5 Å². The third-order valence-electron chi connectivity index (χ3n) is 6.22. The highest BCUT2D eigenvalue weighted by Crippen LogP contribution is 2.27. The van der Waals surface area contributed by atoms with Crippen LogP contribution in [0.5, 0.6) is 11.5 Å². The molecule has 0 aliphatic carbocycles. The Morgan fingerprint density at radius 1 is 0.914 bits per heavy atom. The van der Waals surface area contributed by atoms with Gasteiger partial charge in [0, 0.05) is 51.2 Å².